The van der Waals surface area contributed by atoms with Crippen molar-refractivity contribution >= 4 is 31.5 Å². The highest BCUT2D eigenvalue weighted by Gasteiger charge is 2.22. The third-order valence-corrected chi connectivity index (χ3v) is 6.63. The minimum atomic E-state index is -3.66. The van der Waals surface area contributed by atoms with Crippen molar-refractivity contribution < 1.29 is 8.42 Å². The first-order valence-corrected chi connectivity index (χ1v) is 16.0. The molecule has 1 aromatic rings. The van der Waals surface area contributed by atoms with Gasteiger partial charge in [-0.05, 0) is 19.1 Å². The summed E-state index contributed by atoms with van der Waals surface area (Å²) in [4.78, 5) is 2.55. The van der Waals surface area contributed by atoms with Gasteiger partial charge >= 0.3 is 0 Å². The summed E-state index contributed by atoms with van der Waals surface area (Å²) in [5.41, 5.74) is 4.28. The standard InChI is InChI=1S/C16H26N2O2SSi2/c1-14-8-10-15(11-9-14)21(19,20)18-17-16(23(5,6)7)12-13-22(2,3)4/h8-11,18H,1-7H3/b17-16-/i16+1. The second kappa shape index (κ2) is 7.03. The van der Waals surface area contributed by atoms with Crippen LogP contribution >= 0.6 is 0 Å². The van der Waals surface area contributed by atoms with E-state index < -0.39 is 26.2 Å². The third kappa shape index (κ3) is 6.73. The number of hydrogen-bond acceptors (Lipinski definition) is 3. The van der Waals surface area contributed by atoms with Crippen molar-refractivity contribution in [3.8, 4) is 11.5 Å². The zero-order valence-corrected chi connectivity index (χ0v) is 17.8. The Morgan fingerprint density at radius 1 is 1.04 bits per heavy atom. The number of benzene rings is 1. The molecule has 7 heteroatoms. The van der Waals surface area contributed by atoms with Crippen LogP contribution in [0.2, 0.25) is 39.3 Å². The first-order chi connectivity index (χ1) is 10.3. The fourth-order valence-electron chi connectivity index (χ4n) is 1.51. The molecule has 0 atom stereocenters. The van der Waals surface area contributed by atoms with Crippen LogP contribution in [0.25, 0.3) is 0 Å². The topological polar surface area (TPSA) is 58.5 Å². The summed E-state index contributed by atoms with van der Waals surface area (Å²) in [6.45, 7) is 14.7. The molecule has 0 aliphatic heterocycles. The molecule has 1 N–H and O–H groups in total. The molecule has 0 amide bonds. The van der Waals surface area contributed by atoms with Gasteiger partial charge in [0.15, 0.2) is 0 Å². The lowest BCUT2D eigenvalue weighted by atomic mass is 10.2. The Morgan fingerprint density at radius 2 is 1.57 bits per heavy atom. The van der Waals surface area contributed by atoms with Crippen LogP contribution in [0, 0.1) is 18.4 Å². The number of sulfonamides is 1. The van der Waals surface area contributed by atoms with Crippen molar-refractivity contribution in [1.29, 1.82) is 0 Å². The lowest BCUT2D eigenvalue weighted by molar-refractivity contribution is 0.584. The van der Waals surface area contributed by atoms with Crippen LogP contribution in [-0.4, -0.2) is 29.9 Å². The molecule has 23 heavy (non-hydrogen) atoms. The Balaban J connectivity index is 3.13. The smallest absolute Gasteiger partial charge is 0.200 e. The van der Waals surface area contributed by atoms with Gasteiger partial charge in [-0.25, -0.2) is 0 Å². The maximum Gasteiger partial charge on any atom is 0.276 e. The van der Waals surface area contributed by atoms with Crippen LogP contribution in [-0.2, 0) is 10.0 Å². The monoisotopic (exact) mass is 367 g/mol. The molecule has 0 fully saturated rings. The van der Waals surface area contributed by atoms with Gasteiger partial charge in [-0.15, -0.1) is 5.54 Å². The minimum Gasteiger partial charge on any atom is -0.200 e. The summed E-state index contributed by atoms with van der Waals surface area (Å²) in [5, 5.41) is 4.83. The van der Waals surface area contributed by atoms with Crippen molar-refractivity contribution in [2.45, 2.75) is 51.1 Å². The van der Waals surface area contributed by atoms with E-state index in [9.17, 15) is 8.42 Å². The van der Waals surface area contributed by atoms with Crippen molar-refractivity contribution in [3.05, 3.63) is 29.8 Å². The summed E-state index contributed by atoms with van der Waals surface area (Å²) in [7, 11) is -7.02. The van der Waals surface area contributed by atoms with Gasteiger partial charge < -0.3 is 0 Å². The quantitative estimate of drug-likeness (QED) is 0.291. The zero-order chi connectivity index (χ0) is 17.9. The van der Waals surface area contributed by atoms with Gasteiger partial charge in [-0.1, -0.05) is 62.9 Å². The lowest BCUT2D eigenvalue weighted by Gasteiger charge is -2.15. The van der Waals surface area contributed by atoms with Crippen LogP contribution in [0.1, 0.15) is 5.56 Å². The molecule has 0 saturated heterocycles. The molecule has 0 aliphatic carbocycles. The van der Waals surface area contributed by atoms with E-state index in [0.717, 1.165) is 5.56 Å². The van der Waals surface area contributed by atoms with E-state index in [4.69, 9.17) is 0 Å². The fourth-order valence-corrected chi connectivity index (χ4v) is 3.85. The summed E-state index contributed by atoms with van der Waals surface area (Å²) in [6, 6.07) is 6.69. The second-order valence-electron chi connectivity index (χ2n) is 7.62. The van der Waals surface area contributed by atoms with Gasteiger partial charge in [0.25, 0.3) is 10.0 Å². The zero-order valence-electron chi connectivity index (χ0n) is 15.0. The largest absolute Gasteiger partial charge is 0.276 e. The van der Waals surface area contributed by atoms with Crippen LogP contribution in [0.4, 0.5) is 0 Å². The highest BCUT2D eigenvalue weighted by molar-refractivity contribution is 7.89. The van der Waals surface area contributed by atoms with E-state index in [1.165, 1.54) is 0 Å². The summed E-state index contributed by atoms with van der Waals surface area (Å²) < 4.78 is 24.7. The molecule has 1 rings (SSSR count). The molecule has 0 saturated carbocycles. The van der Waals surface area contributed by atoms with E-state index in [1.807, 2.05) is 6.92 Å². The van der Waals surface area contributed by atoms with Gasteiger partial charge in [-0.3, -0.25) is 0 Å². The van der Waals surface area contributed by atoms with Crippen molar-refractivity contribution in [3.63, 3.8) is 0 Å². The number of nitrogens with one attached hydrogen (secondary N) is 1. The average molecular weight is 368 g/mol. The van der Waals surface area contributed by atoms with Crippen LogP contribution < -0.4 is 4.83 Å². The van der Waals surface area contributed by atoms with Gasteiger partial charge in [0.05, 0.1) is 10.2 Å². The molecule has 0 aromatic heterocycles. The predicted molar refractivity (Wildman–Crippen MR) is 103 cm³/mol. The van der Waals surface area contributed by atoms with Crippen molar-refractivity contribution in [2.75, 3.05) is 0 Å². The van der Waals surface area contributed by atoms with Crippen LogP contribution in [0.5, 0.6) is 0 Å². The Labute approximate surface area is 142 Å². The molecule has 0 unspecified atom stereocenters. The molecular formula is C16H26N2O2SSi2. The molecule has 126 valence electrons. The molecular weight excluding hydrogens is 341 g/mol. The van der Waals surface area contributed by atoms with Gasteiger partial charge in [-0.2, -0.15) is 18.4 Å². The van der Waals surface area contributed by atoms with E-state index in [1.54, 1.807) is 24.3 Å². The van der Waals surface area contributed by atoms with E-state index in [-0.39, 0.29) is 4.90 Å². The average Bonchev–Trinajstić information content (AvgIpc) is 2.36. The molecule has 0 heterocycles. The van der Waals surface area contributed by atoms with Crippen molar-refractivity contribution in [1.82, 2.24) is 4.83 Å². The minimum absolute atomic E-state index is 0.208. The Morgan fingerprint density at radius 3 is 2.00 bits per heavy atom. The molecule has 0 spiro atoms. The second-order valence-corrected chi connectivity index (χ2v) is 19.0. The first kappa shape index (κ1) is 19.7. The van der Waals surface area contributed by atoms with E-state index >= 15 is 0 Å². The number of hydrazone groups is 1. The predicted octanol–water partition coefficient (Wildman–Crippen LogP) is 3.39. The fraction of sp³-hybridized carbons (Fsp3) is 0.438. The van der Waals surface area contributed by atoms with Gasteiger partial charge in [0.1, 0.15) is 16.1 Å². The number of nitrogens with zero attached hydrogens (tertiary/aromatic N) is 1. The molecule has 1 aromatic carbocycles. The molecule has 4 nitrogen and oxygen atoms in total. The third-order valence-electron chi connectivity index (χ3n) is 2.88. The van der Waals surface area contributed by atoms with E-state index in [0.29, 0.717) is 5.33 Å². The number of aryl methyl sites for hydroxylation is 1. The first-order valence-electron chi connectivity index (χ1n) is 7.51. The summed E-state index contributed by atoms with van der Waals surface area (Å²) in [5.74, 6) is 3.13. The highest BCUT2D eigenvalue weighted by Crippen LogP contribution is 2.11. The van der Waals surface area contributed by atoms with E-state index in [2.05, 4.69) is 60.7 Å². The van der Waals surface area contributed by atoms with Crippen LogP contribution in [0.3, 0.4) is 0 Å². The summed E-state index contributed by atoms with van der Waals surface area (Å²) in [6.07, 6.45) is 0. The number of hydrogen-bond donors (Lipinski definition) is 1. The van der Waals surface area contributed by atoms with Gasteiger partial charge in [0, 0.05) is 0 Å². The maximum atomic E-state index is 12.3. The Bertz CT molecular complexity index is 744. The number of rotatable bonds is 4. The van der Waals surface area contributed by atoms with Crippen LogP contribution in [0.15, 0.2) is 34.3 Å². The highest BCUT2D eigenvalue weighted by atomic mass is 32.2. The normalized spacial score (nSPS) is 13.3. The summed E-state index contributed by atoms with van der Waals surface area (Å²) >= 11 is 0. The van der Waals surface area contributed by atoms with Gasteiger partial charge in [0.2, 0.25) is 0 Å². The molecule has 0 bridgehead atoms. The Kier molecular flexibility index (Phi) is 6.02. The van der Waals surface area contributed by atoms with Crippen molar-refractivity contribution in [2.24, 2.45) is 5.10 Å². The Hall–Kier alpha value is -1.37. The maximum absolute atomic E-state index is 12.3. The molecule has 0 aliphatic rings. The SMILES string of the molecule is Cc1ccc(S(=O)(=O)N/N=[13C](/C#C[Si](C)(C)C)[Si](C)(C)C)cc1. The lowest BCUT2D eigenvalue weighted by Crippen LogP contribution is -2.35. The molecule has 0 radical (unpaired) electrons.